The van der Waals surface area contributed by atoms with Crippen LogP contribution < -0.4 is 5.32 Å². The molecule has 194 valence electrons. The lowest BCUT2D eigenvalue weighted by Gasteiger charge is -2.34. The van der Waals surface area contributed by atoms with Gasteiger partial charge in [0.25, 0.3) is 5.91 Å². The minimum atomic E-state index is -3.58. The Morgan fingerprint density at radius 1 is 1.20 bits per heavy atom. The van der Waals surface area contributed by atoms with Crippen LogP contribution in [0.25, 0.3) is 11.0 Å². The standard InChI is InChI=1S/C25H38N4O5S/c1-6-29(7-2)35(32,33)19-11-12-22-21(15-19)26-23(28(22)5)13-14-25(31)34-16-24(30)27-20-10-8-9-17(3)18(20)4/h11-12,15,17-18,20H,6-10,13-14,16H2,1-5H3,(H,27,30). The SMILES string of the molecule is CCN(CC)S(=O)(=O)c1ccc2c(c1)nc(CCC(=O)OCC(=O)NC1CCCC(C)C1C)n2C. The van der Waals surface area contributed by atoms with Gasteiger partial charge in [0, 0.05) is 32.6 Å². The first kappa shape index (κ1) is 27.1. The van der Waals surface area contributed by atoms with Crippen molar-refractivity contribution in [2.75, 3.05) is 19.7 Å². The third-order valence-corrected chi connectivity index (χ3v) is 9.30. The highest BCUT2D eigenvalue weighted by atomic mass is 32.2. The van der Waals surface area contributed by atoms with E-state index in [0.717, 1.165) is 18.4 Å². The number of carbonyl (C=O) groups excluding carboxylic acids is 2. The molecule has 1 N–H and O–H groups in total. The van der Waals surface area contributed by atoms with Crippen LogP contribution in [0, 0.1) is 11.8 Å². The van der Waals surface area contributed by atoms with Crippen molar-refractivity contribution in [3.05, 3.63) is 24.0 Å². The summed E-state index contributed by atoms with van der Waals surface area (Å²) >= 11 is 0. The summed E-state index contributed by atoms with van der Waals surface area (Å²) in [5.41, 5.74) is 1.33. The number of hydrogen-bond acceptors (Lipinski definition) is 6. The second-order valence-electron chi connectivity index (χ2n) is 9.43. The van der Waals surface area contributed by atoms with Gasteiger partial charge in [-0.25, -0.2) is 13.4 Å². The highest BCUT2D eigenvalue weighted by Gasteiger charge is 2.28. The molecule has 0 radical (unpaired) electrons. The number of imidazole rings is 1. The van der Waals surface area contributed by atoms with E-state index in [4.69, 9.17) is 4.74 Å². The number of hydrogen-bond donors (Lipinski definition) is 1. The molecule has 1 aromatic heterocycles. The Balaban J connectivity index is 1.57. The van der Waals surface area contributed by atoms with Gasteiger partial charge in [0.05, 0.1) is 22.3 Å². The van der Waals surface area contributed by atoms with Crippen LogP contribution in [0.3, 0.4) is 0 Å². The van der Waals surface area contributed by atoms with E-state index in [1.54, 1.807) is 32.0 Å². The van der Waals surface area contributed by atoms with Gasteiger partial charge in [0.1, 0.15) is 5.82 Å². The fraction of sp³-hybridized carbons (Fsp3) is 0.640. The molecule has 1 aromatic carbocycles. The number of nitrogens with zero attached hydrogens (tertiary/aromatic N) is 3. The number of ether oxygens (including phenoxy) is 1. The quantitative estimate of drug-likeness (QED) is 0.496. The maximum atomic E-state index is 12.8. The number of carbonyl (C=O) groups is 2. The van der Waals surface area contributed by atoms with E-state index in [9.17, 15) is 18.0 Å². The van der Waals surface area contributed by atoms with Crippen LogP contribution in [0.1, 0.15) is 59.2 Å². The first-order chi connectivity index (χ1) is 16.6. The number of amides is 1. The number of aromatic nitrogens is 2. The lowest BCUT2D eigenvalue weighted by Crippen LogP contribution is -2.45. The molecular formula is C25H38N4O5S. The van der Waals surface area contributed by atoms with Crippen LogP contribution in [0.2, 0.25) is 0 Å². The van der Waals surface area contributed by atoms with Crippen molar-refractivity contribution in [3.8, 4) is 0 Å². The number of fused-ring (bicyclic) bond motifs is 1. The molecule has 3 unspecified atom stereocenters. The molecule has 35 heavy (non-hydrogen) atoms. The van der Waals surface area contributed by atoms with Crippen molar-refractivity contribution in [1.29, 1.82) is 0 Å². The van der Waals surface area contributed by atoms with Crippen molar-refractivity contribution >= 4 is 32.9 Å². The maximum absolute atomic E-state index is 12.8. The fourth-order valence-corrected chi connectivity index (χ4v) is 6.27. The van der Waals surface area contributed by atoms with Crippen molar-refractivity contribution in [1.82, 2.24) is 19.2 Å². The largest absolute Gasteiger partial charge is 0.456 e. The molecule has 0 saturated heterocycles. The zero-order valence-corrected chi connectivity index (χ0v) is 22.2. The summed E-state index contributed by atoms with van der Waals surface area (Å²) in [4.78, 5) is 29.3. The summed E-state index contributed by atoms with van der Waals surface area (Å²) < 4.78 is 34.1. The van der Waals surface area contributed by atoms with E-state index in [1.807, 2.05) is 11.6 Å². The number of benzene rings is 1. The van der Waals surface area contributed by atoms with E-state index in [-0.39, 0.29) is 29.9 Å². The first-order valence-corrected chi connectivity index (χ1v) is 13.9. The molecular weight excluding hydrogens is 468 g/mol. The van der Waals surface area contributed by atoms with Gasteiger partial charge in [-0.15, -0.1) is 0 Å². The van der Waals surface area contributed by atoms with E-state index < -0.39 is 16.0 Å². The molecule has 10 heteroatoms. The molecule has 1 aliphatic rings. The van der Waals surface area contributed by atoms with Crippen LogP contribution in [0.5, 0.6) is 0 Å². The highest BCUT2D eigenvalue weighted by Crippen LogP contribution is 2.29. The van der Waals surface area contributed by atoms with Crippen LogP contribution in [-0.2, 0) is 37.8 Å². The number of rotatable bonds is 10. The van der Waals surface area contributed by atoms with Gasteiger partial charge >= 0.3 is 5.97 Å². The monoisotopic (exact) mass is 506 g/mol. The average molecular weight is 507 g/mol. The Bertz CT molecular complexity index is 1160. The predicted molar refractivity (Wildman–Crippen MR) is 134 cm³/mol. The Morgan fingerprint density at radius 2 is 1.91 bits per heavy atom. The summed E-state index contributed by atoms with van der Waals surface area (Å²) in [5.74, 6) is 0.877. The van der Waals surface area contributed by atoms with E-state index >= 15 is 0 Å². The first-order valence-electron chi connectivity index (χ1n) is 12.5. The molecule has 3 atom stereocenters. The molecule has 1 amide bonds. The lowest BCUT2D eigenvalue weighted by molar-refractivity contribution is -0.148. The minimum Gasteiger partial charge on any atom is -0.456 e. The third kappa shape index (κ3) is 6.22. The molecule has 9 nitrogen and oxygen atoms in total. The number of sulfonamides is 1. The smallest absolute Gasteiger partial charge is 0.306 e. The summed E-state index contributed by atoms with van der Waals surface area (Å²) in [6.07, 6.45) is 3.62. The average Bonchev–Trinajstić information content (AvgIpc) is 3.14. The van der Waals surface area contributed by atoms with Crippen molar-refractivity contribution in [2.45, 2.75) is 70.7 Å². The Labute approximate surface area is 208 Å². The Hall–Kier alpha value is -2.46. The number of aryl methyl sites for hydroxylation is 2. The van der Waals surface area contributed by atoms with Gasteiger partial charge < -0.3 is 14.6 Å². The van der Waals surface area contributed by atoms with Crippen LogP contribution in [0.15, 0.2) is 23.1 Å². The van der Waals surface area contributed by atoms with Crippen molar-refractivity contribution < 1.29 is 22.7 Å². The van der Waals surface area contributed by atoms with Gasteiger partial charge in [-0.2, -0.15) is 4.31 Å². The molecule has 1 saturated carbocycles. The van der Waals surface area contributed by atoms with Gasteiger partial charge in [0.15, 0.2) is 6.61 Å². The van der Waals surface area contributed by atoms with Crippen LogP contribution in [-0.4, -0.2) is 59.9 Å². The van der Waals surface area contributed by atoms with Gasteiger partial charge in [0.2, 0.25) is 10.0 Å². The van der Waals surface area contributed by atoms with Gasteiger partial charge in [-0.1, -0.05) is 40.5 Å². The number of esters is 1. The summed E-state index contributed by atoms with van der Waals surface area (Å²) in [7, 11) is -1.76. The zero-order chi connectivity index (χ0) is 25.8. The van der Waals surface area contributed by atoms with E-state index in [1.165, 1.54) is 10.7 Å². The second-order valence-corrected chi connectivity index (χ2v) is 11.4. The minimum absolute atomic E-state index is 0.0753. The van der Waals surface area contributed by atoms with Crippen LogP contribution in [0.4, 0.5) is 0 Å². The normalized spacial score (nSPS) is 20.8. The van der Waals surface area contributed by atoms with Crippen molar-refractivity contribution in [2.24, 2.45) is 18.9 Å². The summed E-state index contributed by atoms with van der Waals surface area (Å²) in [6.45, 7) is 8.46. The third-order valence-electron chi connectivity index (χ3n) is 7.26. The van der Waals surface area contributed by atoms with E-state index in [2.05, 4.69) is 24.1 Å². The lowest BCUT2D eigenvalue weighted by atomic mass is 9.78. The molecule has 0 aliphatic heterocycles. The molecule has 1 fully saturated rings. The Kier molecular flexibility index (Phi) is 8.93. The zero-order valence-electron chi connectivity index (χ0n) is 21.4. The molecule has 2 aromatic rings. The topological polar surface area (TPSA) is 111 Å². The predicted octanol–water partition coefficient (Wildman–Crippen LogP) is 3.02. The summed E-state index contributed by atoms with van der Waals surface area (Å²) in [5, 5.41) is 3.00. The van der Waals surface area contributed by atoms with Crippen LogP contribution >= 0.6 is 0 Å². The highest BCUT2D eigenvalue weighted by molar-refractivity contribution is 7.89. The second kappa shape index (κ2) is 11.5. The number of nitrogens with one attached hydrogen (secondary N) is 1. The molecule has 1 heterocycles. The molecule has 0 bridgehead atoms. The van der Waals surface area contributed by atoms with Gasteiger partial charge in [-0.3, -0.25) is 9.59 Å². The summed E-state index contributed by atoms with van der Waals surface area (Å²) in [6, 6.07) is 5.02. The van der Waals surface area contributed by atoms with E-state index in [0.29, 0.717) is 42.7 Å². The molecule has 0 spiro atoms. The molecule has 3 rings (SSSR count). The maximum Gasteiger partial charge on any atom is 0.306 e. The Morgan fingerprint density at radius 3 is 2.60 bits per heavy atom. The fourth-order valence-electron chi connectivity index (χ4n) is 4.79. The molecule has 1 aliphatic carbocycles. The van der Waals surface area contributed by atoms with Crippen molar-refractivity contribution in [3.63, 3.8) is 0 Å². The van der Waals surface area contributed by atoms with Gasteiger partial charge in [-0.05, 0) is 36.5 Å².